The summed E-state index contributed by atoms with van der Waals surface area (Å²) in [6.07, 6.45) is 0.983. The highest BCUT2D eigenvalue weighted by atomic mass is 19.1. The molecule has 1 saturated heterocycles. The first kappa shape index (κ1) is 18.1. The van der Waals surface area contributed by atoms with Gasteiger partial charge in [0.2, 0.25) is 11.8 Å². The molecule has 1 aliphatic heterocycles. The quantitative estimate of drug-likeness (QED) is 0.867. The molecular weight excluding hydrogens is 331 g/mol. The summed E-state index contributed by atoms with van der Waals surface area (Å²) in [7, 11) is 0. The number of nitrogens with one attached hydrogen (secondary N) is 1. The van der Waals surface area contributed by atoms with Crippen molar-refractivity contribution in [2.75, 3.05) is 13.1 Å². The number of likely N-dealkylation sites (tertiary alicyclic amines) is 1. The Hall–Kier alpha value is -2.69. The average molecular weight is 354 g/mol. The normalized spacial score (nSPS) is 18.0. The summed E-state index contributed by atoms with van der Waals surface area (Å²) in [5.41, 5.74) is 1.62. The fraction of sp³-hybridized carbons (Fsp3) is 0.333. The maximum absolute atomic E-state index is 13.8. The van der Waals surface area contributed by atoms with Crippen LogP contribution in [0.4, 0.5) is 4.39 Å². The molecule has 0 unspecified atom stereocenters. The van der Waals surface area contributed by atoms with Gasteiger partial charge in [-0.1, -0.05) is 48.5 Å². The number of rotatable bonds is 6. The lowest BCUT2D eigenvalue weighted by Gasteiger charge is -2.19. The van der Waals surface area contributed by atoms with E-state index >= 15 is 0 Å². The van der Waals surface area contributed by atoms with Gasteiger partial charge in [-0.2, -0.15) is 0 Å². The van der Waals surface area contributed by atoms with Gasteiger partial charge in [-0.15, -0.1) is 0 Å². The van der Waals surface area contributed by atoms with Gasteiger partial charge in [0.05, 0.1) is 12.0 Å². The van der Waals surface area contributed by atoms with Crippen molar-refractivity contribution in [1.82, 2.24) is 10.2 Å². The van der Waals surface area contributed by atoms with Gasteiger partial charge in [0, 0.05) is 25.1 Å². The van der Waals surface area contributed by atoms with Crippen molar-refractivity contribution in [3.05, 3.63) is 71.5 Å². The molecule has 0 aliphatic carbocycles. The number of carbonyl (C=O) groups excluding carboxylic acids is 2. The highest BCUT2D eigenvalue weighted by molar-refractivity contribution is 5.89. The highest BCUT2D eigenvalue weighted by Crippen LogP contribution is 2.21. The largest absolute Gasteiger partial charge is 0.349 e. The molecule has 26 heavy (non-hydrogen) atoms. The molecule has 0 bridgehead atoms. The average Bonchev–Trinajstić information content (AvgIpc) is 3.02. The monoisotopic (exact) mass is 354 g/mol. The zero-order chi connectivity index (χ0) is 18.5. The molecule has 1 aliphatic rings. The van der Waals surface area contributed by atoms with E-state index in [0.29, 0.717) is 18.7 Å². The third-order valence-corrected chi connectivity index (χ3v) is 4.83. The minimum atomic E-state index is -0.433. The van der Waals surface area contributed by atoms with Gasteiger partial charge in [0.25, 0.3) is 0 Å². The number of amides is 2. The highest BCUT2D eigenvalue weighted by Gasteiger charge is 2.34. The molecule has 1 N–H and O–H groups in total. The van der Waals surface area contributed by atoms with Crippen LogP contribution < -0.4 is 5.32 Å². The van der Waals surface area contributed by atoms with Crippen LogP contribution in [0.25, 0.3) is 0 Å². The summed E-state index contributed by atoms with van der Waals surface area (Å²) in [5.74, 6) is -0.921. The van der Waals surface area contributed by atoms with E-state index in [1.54, 1.807) is 30.0 Å². The van der Waals surface area contributed by atoms with Crippen LogP contribution >= 0.6 is 0 Å². The number of carbonyl (C=O) groups is 2. The fourth-order valence-corrected chi connectivity index (χ4v) is 3.31. The van der Waals surface area contributed by atoms with Crippen molar-refractivity contribution in [3.63, 3.8) is 0 Å². The topological polar surface area (TPSA) is 49.4 Å². The van der Waals surface area contributed by atoms with E-state index < -0.39 is 6.04 Å². The first-order valence-electron chi connectivity index (χ1n) is 8.91. The van der Waals surface area contributed by atoms with Crippen molar-refractivity contribution in [3.8, 4) is 0 Å². The zero-order valence-corrected chi connectivity index (χ0v) is 14.8. The minimum absolute atomic E-state index is 0.000346. The third kappa shape index (κ3) is 4.28. The smallest absolute Gasteiger partial charge is 0.225 e. The van der Waals surface area contributed by atoms with Gasteiger partial charge in [-0.05, 0) is 25.0 Å². The Morgan fingerprint density at radius 1 is 1.19 bits per heavy atom. The number of hydrogen-bond donors (Lipinski definition) is 1. The molecule has 0 spiro atoms. The SMILES string of the molecule is C[C@H](NC(=O)[C@H]1CC(=O)N(CCc2ccccc2)C1)c1ccccc1F. The Balaban J connectivity index is 1.54. The lowest BCUT2D eigenvalue weighted by molar-refractivity contribution is -0.129. The van der Waals surface area contributed by atoms with Gasteiger partial charge in [0.15, 0.2) is 0 Å². The predicted octanol–water partition coefficient (Wildman–Crippen LogP) is 3.09. The molecule has 3 rings (SSSR count). The van der Waals surface area contributed by atoms with Gasteiger partial charge >= 0.3 is 0 Å². The molecule has 0 aromatic heterocycles. The van der Waals surface area contributed by atoms with Gasteiger partial charge in [-0.25, -0.2) is 4.39 Å². The molecule has 4 nitrogen and oxygen atoms in total. The van der Waals surface area contributed by atoms with Gasteiger partial charge in [0.1, 0.15) is 5.82 Å². The maximum Gasteiger partial charge on any atom is 0.225 e. The molecule has 2 aromatic rings. The standard InChI is InChI=1S/C21H23FN2O2/c1-15(18-9-5-6-10-19(18)22)23-21(26)17-13-20(25)24(14-17)12-11-16-7-3-2-4-8-16/h2-10,15,17H,11-14H2,1H3,(H,23,26)/t15-,17-/m0/s1. The molecular formula is C21H23FN2O2. The van der Waals surface area contributed by atoms with Crippen LogP contribution in [0.1, 0.15) is 30.5 Å². The molecule has 2 atom stereocenters. The molecule has 2 amide bonds. The molecule has 0 saturated carbocycles. The molecule has 5 heteroatoms. The van der Waals surface area contributed by atoms with E-state index in [0.717, 1.165) is 6.42 Å². The third-order valence-electron chi connectivity index (χ3n) is 4.83. The minimum Gasteiger partial charge on any atom is -0.349 e. The Morgan fingerprint density at radius 2 is 1.88 bits per heavy atom. The summed E-state index contributed by atoms with van der Waals surface area (Å²) < 4.78 is 13.8. The van der Waals surface area contributed by atoms with Crippen LogP contribution in [0.3, 0.4) is 0 Å². The van der Waals surface area contributed by atoms with Crippen molar-refractivity contribution < 1.29 is 14.0 Å². The van der Waals surface area contributed by atoms with Crippen LogP contribution in [0.15, 0.2) is 54.6 Å². The van der Waals surface area contributed by atoms with Crippen LogP contribution in [0.2, 0.25) is 0 Å². The van der Waals surface area contributed by atoms with Crippen LogP contribution in [0.5, 0.6) is 0 Å². The van der Waals surface area contributed by atoms with E-state index in [-0.39, 0.29) is 30.0 Å². The van der Waals surface area contributed by atoms with Crippen LogP contribution in [-0.2, 0) is 16.0 Å². The summed E-state index contributed by atoms with van der Waals surface area (Å²) in [6, 6.07) is 15.9. The van der Waals surface area contributed by atoms with Crippen molar-refractivity contribution in [2.24, 2.45) is 5.92 Å². The van der Waals surface area contributed by atoms with E-state index in [1.807, 2.05) is 30.3 Å². The lowest BCUT2D eigenvalue weighted by Crippen LogP contribution is -2.35. The zero-order valence-electron chi connectivity index (χ0n) is 14.8. The maximum atomic E-state index is 13.8. The van der Waals surface area contributed by atoms with Crippen molar-refractivity contribution >= 4 is 11.8 Å². The molecule has 1 fully saturated rings. The molecule has 1 heterocycles. The summed E-state index contributed by atoms with van der Waals surface area (Å²) in [5, 5.41) is 2.84. The summed E-state index contributed by atoms with van der Waals surface area (Å²) in [6.45, 7) is 2.78. The predicted molar refractivity (Wildman–Crippen MR) is 97.8 cm³/mol. The van der Waals surface area contributed by atoms with E-state index in [4.69, 9.17) is 0 Å². The Kier molecular flexibility index (Phi) is 5.66. The summed E-state index contributed by atoms with van der Waals surface area (Å²) in [4.78, 5) is 26.4. The van der Waals surface area contributed by atoms with Gasteiger partial charge in [-0.3, -0.25) is 9.59 Å². The van der Waals surface area contributed by atoms with E-state index in [9.17, 15) is 14.0 Å². The summed E-state index contributed by atoms with van der Waals surface area (Å²) >= 11 is 0. The first-order valence-corrected chi connectivity index (χ1v) is 8.91. The first-order chi connectivity index (χ1) is 12.5. The van der Waals surface area contributed by atoms with Crippen molar-refractivity contribution in [2.45, 2.75) is 25.8 Å². The molecule has 2 aromatic carbocycles. The fourth-order valence-electron chi connectivity index (χ4n) is 3.31. The number of benzene rings is 2. The Bertz CT molecular complexity index is 779. The second-order valence-corrected chi connectivity index (χ2v) is 6.73. The second-order valence-electron chi connectivity index (χ2n) is 6.73. The Labute approximate surface area is 153 Å². The van der Waals surface area contributed by atoms with Crippen molar-refractivity contribution in [1.29, 1.82) is 0 Å². The number of nitrogens with zero attached hydrogens (tertiary/aromatic N) is 1. The van der Waals surface area contributed by atoms with E-state index in [2.05, 4.69) is 5.32 Å². The Morgan fingerprint density at radius 3 is 2.62 bits per heavy atom. The van der Waals surface area contributed by atoms with Crippen LogP contribution in [-0.4, -0.2) is 29.8 Å². The van der Waals surface area contributed by atoms with Gasteiger partial charge < -0.3 is 10.2 Å². The molecule has 0 radical (unpaired) electrons. The lowest BCUT2D eigenvalue weighted by atomic mass is 10.0. The van der Waals surface area contributed by atoms with E-state index in [1.165, 1.54) is 11.6 Å². The number of halogens is 1. The second kappa shape index (κ2) is 8.13. The molecule has 136 valence electrons. The van der Waals surface area contributed by atoms with Crippen LogP contribution in [0, 0.1) is 11.7 Å². The number of hydrogen-bond acceptors (Lipinski definition) is 2.